The van der Waals surface area contributed by atoms with Crippen LogP contribution in [0, 0.1) is 18.3 Å². The molecule has 0 unspecified atom stereocenters. The molecule has 1 atom stereocenters. The minimum absolute atomic E-state index is 0.0155. The summed E-state index contributed by atoms with van der Waals surface area (Å²) in [5, 5.41) is 35.4. The van der Waals surface area contributed by atoms with Gasteiger partial charge in [-0.3, -0.25) is 0 Å². The maximum Gasteiger partial charge on any atom is 0.227 e. The van der Waals surface area contributed by atoms with Crippen LogP contribution in [0.4, 0.5) is 17.3 Å². The van der Waals surface area contributed by atoms with E-state index in [1.165, 1.54) is 0 Å². The predicted octanol–water partition coefficient (Wildman–Crippen LogP) is 3.24. The van der Waals surface area contributed by atoms with Crippen molar-refractivity contribution in [3.8, 4) is 17.3 Å². The van der Waals surface area contributed by atoms with E-state index in [1.54, 1.807) is 18.3 Å². The fourth-order valence-electron chi connectivity index (χ4n) is 3.67. The lowest BCUT2D eigenvalue weighted by molar-refractivity contribution is 0.219. The Balaban J connectivity index is 1.73. The number of fused-ring (bicyclic) bond motifs is 1. The van der Waals surface area contributed by atoms with Gasteiger partial charge in [0.25, 0.3) is 0 Å². The lowest BCUT2D eigenvalue weighted by Crippen LogP contribution is -2.28. The zero-order valence-corrected chi connectivity index (χ0v) is 16.9. The fourth-order valence-corrected chi connectivity index (χ4v) is 3.67. The average Bonchev–Trinajstić information content (AvgIpc) is 3.12. The van der Waals surface area contributed by atoms with Gasteiger partial charge in [0.1, 0.15) is 6.07 Å². The summed E-state index contributed by atoms with van der Waals surface area (Å²) in [4.78, 5) is 8.95. The van der Waals surface area contributed by atoms with Crippen molar-refractivity contribution in [1.29, 1.82) is 5.26 Å². The molecule has 0 aliphatic carbocycles. The number of aliphatic hydroxyl groups excluding tert-OH is 2. The van der Waals surface area contributed by atoms with Crippen molar-refractivity contribution in [2.24, 2.45) is 0 Å². The van der Waals surface area contributed by atoms with Crippen LogP contribution in [0.5, 0.6) is 0 Å². The van der Waals surface area contributed by atoms with Crippen LogP contribution in [0.1, 0.15) is 29.2 Å². The molecule has 152 valence electrons. The second kappa shape index (κ2) is 7.75. The molecule has 3 aromatic rings. The highest BCUT2D eigenvalue weighted by molar-refractivity contribution is 5.76. The Morgan fingerprint density at radius 1 is 1.23 bits per heavy atom. The molecule has 2 aromatic carbocycles. The number of nitrogens with zero attached hydrogens (tertiary/aromatic N) is 3. The molecule has 7 heteroatoms. The molecule has 2 heterocycles. The molecule has 0 radical (unpaired) electrons. The lowest BCUT2D eigenvalue weighted by Gasteiger charge is -2.21. The minimum Gasteiger partial charge on any atom is -0.395 e. The molecule has 1 aromatic heterocycles. The molecule has 0 spiro atoms. The summed E-state index contributed by atoms with van der Waals surface area (Å²) < 4.78 is 0. The smallest absolute Gasteiger partial charge is 0.227 e. The zero-order chi connectivity index (χ0) is 21.3. The van der Waals surface area contributed by atoms with Crippen LogP contribution in [-0.4, -0.2) is 33.3 Å². The summed E-state index contributed by atoms with van der Waals surface area (Å²) in [6.07, 6.45) is 1.67. The number of nitrogens with one attached hydrogen (secondary N) is 2. The number of aryl methyl sites for hydroxylation is 1. The zero-order valence-electron chi connectivity index (χ0n) is 16.9. The summed E-state index contributed by atoms with van der Waals surface area (Å²) in [6, 6.07) is 13.5. The highest BCUT2D eigenvalue weighted by Gasteiger charge is 2.35. The van der Waals surface area contributed by atoms with Crippen molar-refractivity contribution >= 4 is 17.3 Å². The van der Waals surface area contributed by atoms with Gasteiger partial charge in [-0.15, -0.1) is 0 Å². The number of rotatable bonds is 5. The lowest BCUT2D eigenvalue weighted by atomic mass is 9.83. The first-order valence-corrected chi connectivity index (χ1v) is 9.71. The Kier molecular flexibility index (Phi) is 5.12. The van der Waals surface area contributed by atoms with Crippen molar-refractivity contribution in [1.82, 2.24) is 9.97 Å². The number of nitriles is 1. The summed E-state index contributed by atoms with van der Waals surface area (Å²) in [6.45, 7) is 4.46. The maximum absolute atomic E-state index is 9.90. The first kappa shape index (κ1) is 19.8. The Bertz CT molecular complexity index is 1150. The Labute approximate surface area is 175 Å². The molecule has 4 rings (SSSR count). The Morgan fingerprint density at radius 3 is 2.80 bits per heavy atom. The number of hydrogen-bond acceptors (Lipinski definition) is 7. The average molecular weight is 401 g/mol. The molecule has 0 fully saturated rings. The van der Waals surface area contributed by atoms with Crippen LogP contribution in [0.2, 0.25) is 0 Å². The third-order valence-corrected chi connectivity index (χ3v) is 5.60. The monoisotopic (exact) mass is 401 g/mol. The molecule has 4 N–H and O–H groups in total. The maximum atomic E-state index is 9.90. The third kappa shape index (κ3) is 3.47. The SMILES string of the molecule is Cc1ccc(CO)cc1Nc1nccc(-c2cc(C#N)c3c(c2)[C@@](C)(CO)CN3)n1. The van der Waals surface area contributed by atoms with Gasteiger partial charge >= 0.3 is 0 Å². The van der Waals surface area contributed by atoms with Crippen LogP contribution in [0.25, 0.3) is 11.3 Å². The van der Waals surface area contributed by atoms with Gasteiger partial charge in [0, 0.05) is 29.4 Å². The highest BCUT2D eigenvalue weighted by atomic mass is 16.3. The van der Waals surface area contributed by atoms with Crippen LogP contribution in [-0.2, 0) is 12.0 Å². The summed E-state index contributed by atoms with van der Waals surface area (Å²) >= 11 is 0. The molecule has 0 bridgehead atoms. The Hall–Kier alpha value is -3.47. The molecule has 0 saturated carbocycles. The second-order valence-electron chi connectivity index (χ2n) is 7.83. The first-order chi connectivity index (χ1) is 14.5. The number of benzene rings is 2. The van der Waals surface area contributed by atoms with E-state index in [-0.39, 0.29) is 13.2 Å². The topological polar surface area (TPSA) is 114 Å². The molecule has 1 aliphatic heterocycles. The van der Waals surface area contributed by atoms with Crippen molar-refractivity contribution < 1.29 is 10.2 Å². The number of aromatic nitrogens is 2. The van der Waals surface area contributed by atoms with E-state index in [9.17, 15) is 15.5 Å². The quantitative estimate of drug-likeness (QED) is 0.519. The molecule has 1 aliphatic rings. The van der Waals surface area contributed by atoms with E-state index in [2.05, 4.69) is 26.7 Å². The van der Waals surface area contributed by atoms with Gasteiger partial charge in [0.15, 0.2) is 0 Å². The fraction of sp³-hybridized carbons (Fsp3) is 0.261. The van der Waals surface area contributed by atoms with E-state index in [4.69, 9.17) is 0 Å². The van der Waals surface area contributed by atoms with Gasteiger partial charge < -0.3 is 20.8 Å². The van der Waals surface area contributed by atoms with Gasteiger partial charge in [0.2, 0.25) is 5.95 Å². The molecule has 30 heavy (non-hydrogen) atoms. The van der Waals surface area contributed by atoms with Crippen LogP contribution >= 0.6 is 0 Å². The molecular weight excluding hydrogens is 378 g/mol. The van der Waals surface area contributed by atoms with Crippen LogP contribution in [0.3, 0.4) is 0 Å². The molecule has 0 saturated heterocycles. The van der Waals surface area contributed by atoms with Gasteiger partial charge in [-0.25, -0.2) is 9.97 Å². The van der Waals surface area contributed by atoms with E-state index < -0.39 is 5.41 Å². The third-order valence-electron chi connectivity index (χ3n) is 5.60. The number of aliphatic hydroxyl groups is 2. The minimum atomic E-state index is -0.451. The van der Waals surface area contributed by atoms with Crippen molar-refractivity contribution in [3.05, 3.63) is 64.8 Å². The van der Waals surface area contributed by atoms with Gasteiger partial charge in [0.05, 0.1) is 30.2 Å². The number of hydrogen-bond donors (Lipinski definition) is 4. The van der Waals surface area contributed by atoms with E-state index in [1.807, 2.05) is 38.1 Å². The van der Waals surface area contributed by atoms with Gasteiger partial charge in [-0.05, 0) is 47.9 Å². The first-order valence-electron chi connectivity index (χ1n) is 9.71. The molecule has 0 amide bonds. The Morgan fingerprint density at radius 2 is 2.07 bits per heavy atom. The second-order valence-corrected chi connectivity index (χ2v) is 7.83. The van der Waals surface area contributed by atoms with Gasteiger partial charge in [-0.2, -0.15) is 5.26 Å². The van der Waals surface area contributed by atoms with Crippen molar-refractivity contribution in [2.75, 3.05) is 23.8 Å². The normalized spacial score (nSPS) is 17.2. The predicted molar refractivity (Wildman–Crippen MR) is 115 cm³/mol. The standard InChI is InChI=1S/C23H23N5O2/c1-14-3-4-15(11-29)7-20(14)28-22-25-6-5-19(27-22)16-8-17(10-24)21-18(9-16)23(2,13-30)12-26-21/h3-9,26,29-30H,11-13H2,1-2H3,(H,25,27,28)/t23-/m1/s1. The largest absolute Gasteiger partial charge is 0.395 e. The number of anilines is 3. The van der Waals surface area contributed by atoms with Crippen molar-refractivity contribution in [2.45, 2.75) is 25.9 Å². The van der Waals surface area contributed by atoms with Crippen LogP contribution in [0.15, 0.2) is 42.6 Å². The summed E-state index contributed by atoms with van der Waals surface area (Å²) in [5.41, 5.74) is 5.87. The summed E-state index contributed by atoms with van der Waals surface area (Å²) in [5.74, 6) is 0.424. The van der Waals surface area contributed by atoms with E-state index in [0.717, 1.165) is 33.6 Å². The van der Waals surface area contributed by atoms with Crippen molar-refractivity contribution in [3.63, 3.8) is 0 Å². The van der Waals surface area contributed by atoms with Gasteiger partial charge in [-0.1, -0.05) is 19.1 Å². The van der Waals surface area contributed by atoms with Crippen LogP contribution < -0.4 is 10.6 Å². The van der Waals surface area contributed by atoms with E-state index in [0.29, 0.717) is 23.8 Å². The van der Waals surface area contributed by atoms with E-state index >= 15 is 0 Å². The summed E-state index contributed by atoms with van der Waals surface area (Å²) in [7, 11) is 0. The molecular formula is C23H23N5O2. The molecule has 7 nitrogen and oxygen atoms in total. The highest BCUT2D eigenvalue weighted by Crippen LogP contribution is 2.41.